The molecule has 0 saturated heterocycles. The van der Waals surface area contributed by atoms with E-state index in [1.165, 1.54) is 0 Å². The van der Waals surface area contributed by atoms with Gasteiger partial charge in [-0.1, -0.05) is 5.21 Å². The summed E-state index contributed by atoms with van der Waals surface area (Å²) in [5.74, 6) is 0.652. The summed E-state index contributed by atoms with van der Waals surface area (Å²) in [6, 6.07) is 2.02. The molecule has 0 bridgehead atoms. The smallest absolute Gasteiger partial charge is 0.0849 e. The molecule has 2 heterocycles. The molecule has 0 radical (unpaired) electrons. The highest BCUT2D eigenvalue weighted by molar-refractivity contribution is 6.17. The van der Waals surface area contributed by atoms with Gasteiger partial charge in [-0.3, -0.25) is 4.98 Å². The molecule has 0 unspecified atom stereocenters. The van der Waals surface area contributed by atoms with Crippen molar-refractivity contribution in [2.24, 2.45) is 0 Å². The Bertz CT molecular complexity index is 467. The van der Waals surface area contributed by atoms with Crippen LogP contribution in [0.2, 0.25) is 0 Å². The summed E-state index contributed by atoms with van der Waals surface area (Å²) in [5.41, 5.74) is 3.00. The van der Waals surface area contributed by atoms with E-state index in [9.17, 15) is 0 Å². The van der Waals surface area contributed by atoms with E-state index >= 15 is 0 Å². The van der Waals surface area contributed by atoms with E-state index in [2.05, 4.69) is 15.3 Å². The highest BCUT2D eigenvalue weighted by Gasteiger charge is 2.02. The molecule has 0 N–H and O–H groups in total. The lowest BCUT2D eigenvalue weighted by atomic mass is 10.3. The van der Waals surface area contributed by atoms with Gasteiger partial charge in [0.15, 0.2) is 0 Å². The summed E-state index contributed by atoms with van der Waals surface area (Å²) in [5, 5.41) is 8.15. The lowest BCUT2D eigenvalue weighted by Crippen LogP contribution is -1.96. The van der Waals surface area contributed by atoms with Gasteiger partial charge < -0.3 is 0 Å². The van der Waals surface area contributed by atoms with Gasteiger partial charge in [0.2, 0.25) is 0 Å². The second-order valence-corrected chi connectivity index (χ2v) is 4.05. The van der Waals surface area contributed by atoms with Gasteiger partial charge in [0.1, 0.15) is 0 Å². The zero-order valence-electron chi connectivity index (χ0n) is 9.10. The number of halogens is 1. The first-order chi connectivity index (χ1) is 7.79. The molecular weight excluding hydrogens is 224 g/mol. The van der Waals surface area contributed by atoms with Crippen LogP contribution in [0.3, 0.4) is 0 Å². The van der Waals surface area contributed by atoms with Crippen molar-refractivity contribution in [3.05, 3.63) is 35.9 Å². The zero-order chi connectivity index (χ0) is 11.4. The van der Waals surface area contributed by atoms with E-state index in [4.69, 9.17) is 11.6 Å². The van der Waals surface area contributed by atoms with Crippen molar-refractivity contribution in [1.29, 1.82) is 0 Å². The lowest BCUT2D eigenvalue weighted by Gasteiger charge is -1.99. The van der Waals surface area contributed by atoms with Gasteiger partial charge in [-0.2, -0.15) is 0 Å². The van der Waals surface area contributed by atoms with E-state index < -0.39 is 0 Å². The minimum atomic E-state index is 0.652. The van der Waals surface area contributed by atoms with E-state index in [0.717, 1.165) is 29.8 Å². The van der Waals surface area contributed by atoms with Crippen LogP contribution in [0.4, 0.5) is 0 Å². The normalized spacial score (nSPS) is 10.6. The number of hydrogen-bond donors (Lipinski definition) is 0. The average molecular weight is 237 g/mol. The Balaban J connectivity index is 2.18. The topological polar surface area (TPSA) is 43.6 Å². The number of nitrogens with zero attached hydrogens (tertiary/aromatic N) is 4. The van der Waals surface area contributed by atoms with Gasteiger partial charge in [0.05, 0.1) is 23.8 Å². The van der Waals surface area contributed by atoms with Crippen molar-refractivity contribution in [1.82, 2.24) is 20.0 Å². The molecule has 0 saturated carbocycles. The third-order valence-corrected chi connectivity index (χ3v) is 2.50. The second kappa shape index (κ2) is 5.07. The summed E-state index contributed by atoms with van der Waals surface area (Å²) in [6.07, 6.45) is 7.29. The van der Waals surface area contributed by atoms with Gasteiger partial charge in [-0.25, -0.2) is 4.68 Å². The maximum Gasteiger partial charge on any atom is 0.0849 e. The maximum atomic E-state index is 5.63. The molecule has 4 nitrogen and oxygen atoms in total. The number of alkyl halides is 1. The standard InChI is InChI=1S/C11H13ClN4/c1-9-5-11(7-13-6-9)16-8-10(14-15-16)3-2-4-12/h5-8H,2-4H2,1H3. The van der Waals surface area contributed by atoms with Crippen LogP contribution in [0.5, 0.6) is 0 Å². The monoisotopic (exact) mass is 236 g/mol. The van der Waals surface area contributed by atoms with Crippen LogP contribution in [-0.2, 0) is 6.42 Å². The Morgan fingerprint density at radius 1 is 1.38 bits per heavy atom. The van der Waals surface area contributed by atoms with Gasteiger partial charge >= 0.3 is 0 Å². The highest BCUT2D eigenvalue weighted by atomic mass is 35.5. The first-order valence-corrected chi connectivity index (χ1v) is 5.72. The van der Waals surface area contributed by atoms with Crippen molar-refractivity contribution < 1.29 is 0 Å². The molecule has 16 heavy (non-hydrogen) atoms. The van der Waals surface area contributed by atoms with Crippen molar-refractivity contribution >= 4 is 11.6 Å². The molecule has 0 aromatic carbocycles. The molecule has 0 spiro atoms. The summed E-state index contributed by atoms with van der Waals surface area (Å²) in [6.45, 7) is 2.00. The van der Waals surface area contributed by atoms with Crippen LogP contribution in [0.25, 0.3) is 5.69 Å². The van der Waals surface area contributed by atoms with Gasteiger partial charge in [0.25, 0.3) is 0 Å². The molecule has 2 aromatic heterocycles. The minimum absolute atomic E-state index is 0.652. The molecule has 0 aliphatic rings. The fourth-order valence-electron chi connectivity index (χ4n) is 1.45. The fourth-order valence-corrected chi connectivity index (χ4v) is 1.58. The molecule has 5 heteroatoms. The number of pyridine rings is 1. The number of aromatic nitrogens is 4. The third kappa shape index (κ3) is 2.58. The fraction of sp³-hybridized carbons (Fsp3) is 0.364. The zero-order valence-corrected chi connectivity index (χ0v) is 9.85. The van der Waals surface area contributed by atoms with E-state index in [1.54, 1.807) is 10.9 Å². The van der Waals surface area contributed by atoms with Crippen molar-refractivity contribution in [3.63, 3.8) is 0 Å². The summed E-state index contributed by atoms with van der Waals surface area (Å²) in [4.78, 5) is 4.12. The number of aryl methyl sites for hydroxylation is 2. The van der Waals surface area contributed by atoms with Crippen LogP contribution in [0, 0.1) is 6.92 Å². The van der Waals surface area contributed by atoms with E-state index in [-0.39, 0.29) is 0 Å². The van der Waals surface area contributed by atoms with Gasteiger partial charge in [-0.15, -0.1) is 16.7 Å². The molecule has 0 aliphatic heterocycles. The van der Waals surface area contributed by atoms with Crippen LogP contribution in [0.1, 0.15) is 17.7 Å². The molecular formula is C11H13ClN4. The second-order valence-electron chi connectivity index (χ2n) is 3.67. The van der Waals surface area contributed by atoms with Crippen LogP contribution < -0.4 is 0 Å². The first-order valence-electron chi connectivity index (χ1n) is 5.19. The molecule has 0 fully saturated rings. The van der Waals surface area contributed by atoms with Crippen LogP contribution in [-0.4, -0.2) is 25.9 Å². The summed E-state index contributed by atoms with van der Waals surface area (Å²) < 4.78 is 1.74. The molecule has 2 aromatic rings. The van der Waals surface area contributed by atoms with Gasteiger partial charge in [-0.05, 0) is 31.4 Å². The third-order valence-electron chi connectivity index (χ3n) is 2.23. The SMILES string of the molecule is Cc1cncc(-n2cc(CCCCl)nn2)c1. The molecule has 2 rings (SSSR count). The minimum Gasteiger partial charge on any atom is -0.262 e. The number of rotatable bonds is 4. The quantitative estimate of drug-likeness (QED) is 0.764. The first kappa shape index (κ1) is 11.1. The largest absolute Gasteiger partial charge is 0.262 e. The molecule has 84 valence electrons. The Hall–Kier alpha value is -1.42. The molecule has 0 aliphatic carbocycles. The molecule has 0 atom stereocenters. The van der Waals surface area contributed by atoms with Crippen molar-refractivity contribution in [2.75, 3.05) is 5.88 Å². The van der Waals surface area contributed by atoms with Crippen LogP contribution >= 0.6 is 11.6 Å². The Kier molecular flexibility index (Phi) is 3.51. The van der Waals surface area contributed by atoms with Crippen molar-refractivity contribution in [2.45, 2.75) is 19.8 Å². The van der Waals surface area contributed by atoms with Crippen molar-refractivity contribution in [3.8, 4) is 5.69 Å². The van der Waals surface area contributed by atoms with Gasteiger partial charge in [0, 0.05) is 12.1 Å². The van der Waals surface area contributed by atoms with E-state index in [1.807, 2.05) is 25.4 Å². The Morgan fingerprint density at radius 3 is 3.00 bits per heavy atom. The lowest BCUT2D eigenvalue weighted by molar-refractivity contribution is 0.788. The average Bonchev–Trinajstić information content (AvgIpc) is 2.75. The summed E-state index contributed by atoms with van der Waals surface area (Å²) >= 11 is 5.63. The molecule has 0 amide bonds. The maximum absolute atomic E-state index is 5.63. The Labute approximate surface area is 99.3 Å². The Morgan fingerprint density at radius 2 is 2.25 bits per heavy atom. The summed E-state index contributed by atoms with van der Waals surface area (Å²) in [7, 11) is 0. The number of hydrogen-bond acceptors (Lipinski definition) is 3. The van der Waals surface area contributed by atoms with Crippen LogP contribution in [0.15, 0.2) is 24.7 Å². The predicted molar refractivity (Wildman–Crippen MR) is 62.9 cm³/mol. The predicted octanol–water partition coefficient (Wildman–Crippen LogP) is 2.14. The van der Waals surface area contributed by atoms with E-state index in [0.29, 0.717) is 5.88 Å². The highest BCUT2D eigenvalue weighted by Crippen LogP contribution is 2.08.